The molecule has 19 heavy (non-hydrogen) atoms. The molecule has 0 bridgehead atoms. The fraction of sp³-hybridized carbons (Fsp3) is 0.357. The van der Waals surface area contributed by atoms with E-state index in [0.717, 1.165) is 40.8 Å². The van der Waals surface area contributed by atoms with Gasteiger partial charge in [0.15, 0.2) is 0 Å². The summed E-state index contributed by atoms with van der Waals surface area (Å²) in [5.41, 5.74) is 9.79. The van der Waals surface area contributed by atoms with Gasteiger partial charge in [-0.2, -0.15) is 5.10 Å². The lowest BCUT2D eigenvalue weighted by Gasteiger charge is -2.18. The van der Waals surface area contributed by atoms with E-state index in [0.29, 0.717) is 0 Å². The number of hydrogen-bond donors (Lipinski definition) is 1. The molecule has 0 aliphatic rings. The molecule has 2 rings (SSSR count). The molecule has 0 aliphatic carbocycles. The number of nitrogen functional groups attached to an aromatic ring is 1. The number of para-hydroxylation sites is 1. The molecule has 5 heteroatoms. The predicted octanol–water partition coefficient (Wildman–Crippen LogP) is 2.60. The Morgan fingerprint density at radius 2 is 2.00 bits per heavy atom. The number of nitrogens with two attached hydrogens (primary N) is 1. The molecule has 1 aromatic heterocycles. The topological polar surface area (TPSA) is 47.1 Å². The number of halogens is 1. The van der Waals surface area contributed by atoms with Crippen molar-refractivity contribution in [1.29, 1.82) is 0 Å². The Hall–Kier alpha value is -1.52. The Labute approximate surface area is 118 Å². The third-order valence-electron chi connectivity index (χ3n) is 3.18. The van der Waals surface area contributed by atoms with E-state index in [1.165, 1.54) is 0 Å². The molecule has 0 radical (unpaired) electrons. The summed E-state index contributed by atoms with van der Waals surface area (Å²) in [5, 5.41) is 5.07. The second-order valence-electron chi connectivity index (χ2n) is 4.84. The smallest absolute Gasteiger partial charge is 0.0860 e. The van der Waals surface area contributed by atoms with Gasteiger partial charge in [-0.25, -0.2) is 0 Å². The molecule has 0 saturated carbocycles. The molecular formula is C14H19ClN4. The maximum absolute atomic E-state index is 6.26. The SMILES string of the molecule is Cc1nn(C)c(CN(C)Cc2ccccc2N)c1Cl. The van der Waals surface area contributed by atoms with Crippen molar-refractivity contribution in [2.24, 2.45) is 7.05 Å². The van der Waals surface area contributed by atoms with Crippen molar-refractivity contribution in [3.63, 3.8) is 0 Å². The molecule has 102 valence electrons. The first-order valence-corrected chi connectivity index (χ1v) is 6.56. The van der Waals surface area contributed by atoms with Crippen LogP contribution in [0.1, 0.15) is 17.0 Å². The fourth-order valence-electron chi connectivity index (χ4n) is 2.13. The number of nitrogens with zero attached hydrogens (tertiary/aromatic N) is 3. The van der Waals surface area contributed by atoms with Crippen molar-refractivity contribution >= 4 is 17.3 Å². The van der Waals surface area contributed by atoms with Crippen LogP contribution in [0.2, 0.25) is 5.02 Å². The normalized spacial score (nSPS) is 11.2. The van der Waals surface area contributed by atoms with Crippen molar-refractivity contribution in [3.8, 4) is 0 Å². The summed E-state index contributed by atoms with van der Waals surface area (Å²) in [6.07, 6.45) is 0. The Kier molecular flexibility index (Phi) is 4.12. The van der Waals surface area contributed by atoms with E-state index in [-0.39, 0.29) is 0 Å². The lowest BCUT2D eigenvalue weighted by molar-refractivity contribution is 0.310. The van der Waals surface area contributed by atoms with Gasteiger partial charge in [-0.15, -0.1) is 0 Å². The average Bonchev–Trinajstić information content (AvgIpc) is 2.59. The zero-order chi connectivity index (χ0) is 14.0. The number of benzene rings is 1. The van der Waals surface area contributed by atoms with Crippen LogP contribution >= 0.6 is 11.6 Å². The van der Waals surface area contributed by atoms with Crippen LogP contribution in [0.15, 0.2) is 24.3 Å². The summed E-state index contributed by atoms with van der Waals surface area (Å²) in [5.74, 6) is 0. The molecule has 0 saturated heterocycles. The summed E-state index contributed by atoms with van der Waals surface area (Å²) in [4.78, 5) is 2.17. The molecule has 1 aromatic carbocycles. The highest BCUT2D eigenvalue weighted by atomic mass is 35.5. The van der Waals surface area contributed by atoms with Crippen LogP contribution < -0.4 is 5.73 Å². The highest BCUT2D eigenvalue weighted by Crippen LogP contribution is 2.21. The van der Waals surface area contributed by atoms with Crippen LogP contribution in [0.25, 0.3) is 0 Å². The minimum atomic E-state index is 0.741. The molecule has 2 aromatic rings. The van der Waals surface area contributed by atoms with Gasteiger partial charge in [0, 0.05) is 25.8 Å². The zero-order valence-electron chi connectivity index (χ0n) is 11.5. The number of aryl methyl sites for hydroxylation is 2. The van der Waals surface area contributed by atoms with E-state index < -0.39 is 0 Å². The number of rotatable bonds is 4. The minimum absolute atomic E-state index is 0.741. The largest absolute Gasteiger partial charge is 0.398 e. The van der Waals surface area contributed by atoms with Crippen LogP contribution in [0, 0.1) is 6.92 Å². The summed E-state index contributed by atoms with van der Waals surface area (Å²) >= 11 is 6.26. The van der Waals surface area contributed by atoms with Crippen LogP contribution in [0.4, 0.5) is 5.69 Å². The maximum Gasteiger partial charge on any atom is 0.0860 e. The van der Waals surface area contributed by atoms with Crippen LogP contribution in [0.5, 0.6) is 0 Å². The van der Waals surface area contributed by atoms with Crippen LogP contribution in [-0.4, -0.2) is 21.7 Å². The fourth-order valence-corrected chi connectivity index (χ4v) is 2.35. The number of hydrogen-bond acceptors (Lipinski definition) is 3. The monoisotopic (exact) mass is 278 g/mol. The first-order valence-electron chi connectivity index (χ1n) is 6.19. The van der Waals surface area contributed by atoms with Gasteiger partial charge < -0.3 is 5.73 Å². The molecule has 0 atom stereocenters. The van der Waals surface area contributed by atoms with E-state index in [4.69, 9.17) is 17.3 Å². The summed E-state index contributed by atoms with van der Waals surface area (Å²) in [6.45, 7) is 3.44. The van der Waals surface area contributed by atoms with Crippen LogP contribution in [-0.2, 0) is 20.1 Å². The Morgan fingerprint density at radius 1 is 1.32 bits per heavy atom. The first-order chi connectivity index (χ1) is 8.99. The minimum Gasteiger partial charge on any atom is -0.398 e. The van der Waals surface area contributed by atoms with E-state index in [9.17, 15) is 0 Å². The van der Waals surface area contributed by atoms with Gasteiger partial charge in [-0.05, 0) is 25.6 Å². The second-order valence-corrected chi connectivity index (χ2v) is 5.22. The summed E-state index contributed by atoms with van der Waals surface area (Å²) in [6, 6.07) is 7.91. The van der Waals surface area contributed by atoms with E-state index in [1.54, 1.807) is 0 Å². The standard InChI is InChI=1S/C14H19ClN4/c1-10-14(15)13(19(3)17-10)9-18(2)8-11-6-4-5-7-12(11)16/h4-7H,8-9,16H2,1-3H3. The molecule has 1 heterocycles. The van der Waals surface area contributed by atoms with Gasteiger partial charge in [0.05, 0.1) is 16.4 Å². The highest BCUT2D eigenvalue weighted by Gasteiger charge is 2.13. The quantitative estimate of drug-likeness (QED) is 0.875. The highest BCUT2D eigenvalue weighted by molar-refractivity contribution is 6.31. The third kappa shape index (κ3) is 3.08. The van der Waals surface area contributed by atoms with Crippen molar-refractivity contribution in [2.45, 2.75) is 20.0 Å². The second kappa shape index (κ2) is 5.63. The predicted molar refractivity (Wildman–Crippen MR) is 79.0 cm³/mol. The van der Waals surface area contributed by atoms with Gasteiger partial charge in [0.2, 0.25) is 0 Å². The third-order valence-corrected chi connectivity index (χ3v) is 3.67. The van der Waals surface area contributed by atoms with Crippen molar-refractivity contribution in [3.05, 3.63) is 46.2 Å². The first kappa shape index (κ1) is 13.9. The number of aromatic nitrogens is 2. The zero-order valence-corrected chi connectivity index (χ0v) is 12.3. The average molecular weight is 279 g/mol. The molecule has 0 spiro atoms. The Balaban J connectivity index is 2.10. The lowest BCUT2D eigenvalue weighted by atomic mass is 10.1. The molecule has 0 amide bonds. The van der Waals surface area contributed by atoms with Crippen molar-refractivity contribution < 1.29 is 0 Å². The molecule has 0 unspecified atom stereocenters. The van der Waals surface area contributed by atoms with Gasteiger partial charge >= 0.3 is 0 Å². The Morgan fingerprint density at radius 3 is 2.58 bits per heavy atom. The molecule has 0 fully saturated rings. The lowest BCUT2D eigenvalue weighted by Crippen LogP contribution is -2.20. The Bertz CT molecular complexity index is 577. The van der Waals surface area contributed by atoms with E-state index in [1.807, 2.05) is 50.0 Å². The molecule has 2 N–H and O–H groups in total. The van der Waals surface area contributed by atoms with Gasteiger partial charge in [-0.1, -0.05) is 29.8 Å². The van der Waals surface area contributed by atoms with Crippen molar-refractivity contribution in [2.75, 3.05) is 12.8 Å². The van der Waals surface area contributed by atoms with E-state index in [2.05, 4.69) is 10.00 Å². The summed E-state index contributed by atoms with van der Waals surface area (Å²) < 4.78 is 1.84. The van der Waals surface area contributed by atoms with Crippen molar-refractivity contribution in [1.82, 2.24) is 14.7 Å². The molecule has 4 nitrogen and oxygen atoms in total. The van der Waals surface area contributed by atoms with Crippen LogP contribution in [0.3, 0.4) is 0 Å². The molecular weight excluding hydrogens is 260 g/mol. The van der Waals surface area contributed by atoms with Gasteiger partial charge in [-0.3, -0.25) is 9.58 Å². The van der Waals surface area contributed by atoms with E-state index >= 15 is 0 Å². The van der Waals surface area contributed by atoms with Gasteiger partial charge in [0.1, 0.15) is 0 Å². The van der Waals surface area contributed by atoms with Gasteiger partial charge in [0.25, 0.3) is 0 Å². The molecule has 0 aliphatic heterocycles. The number of anilines is 1. The summed E-state index contributed by atoms with van der Waals surface area (Å²) in [7, 11) is 3.96. The maximum atomic E-state index is 6.26.